The standard InChI is InChI=1S/C22H11Cl2FO4/c23-17-3-1-2-13(20(17)24)10-19-21(26)16-9-8-15(11-18(16)29-19)28-22(27)12-4-6-14(25)7-5-12/h1-11H/b19-10-. The highest BCUT2D eigenvalue weighted by molar-refractivity contribution is 6.43. The van der Waals surface area contributed by atoms with Crippen molar-refractivity contribution in [3.8, 4) is 11.5 Å². The summed E-state index contributed by atoms with van der Waals surface area (Å²) in [5.74, 6) is -0.920. The van der Waals surface area contributed by atoms with Crippen molar-refractivity contribution < 1.29 is 23.5 Å². The number of ether oxygens (including phenoxy) is 2. The predicted molar refractivity (Wildman–Crippen MR) is 107 cm³/mol. The molecule has 0 fully saturated rings. The van der Waals surface area contributed by atoms with Crippen molar-refractivity contribution in [1.82, 2.24) is 0 Å². The van der Waals surface area contributed by atoms with Crippen LogP contribution in [0.3, 0.4) is 0 Å². The lowest BCUT2D eigenvalue weighted by molar-refractivity contribution is 0.0734. The molecular weight excluding hydrogens is 418 g/mol. The second-order valence-electron chi connectivity index (χ2n) is 6.14. The Bertz CT molecular complexity index is 1170. The summed E-state index contributed by atoms with van der Waals surface area (Å²) >= 11 is 12.2. The van der Waals surface area contributed by atoms with E-state index in [1.54, 1.807) is 18.2 Å². The number of rotatable bonds is 3. The lowest BCUT2D eigenvalue weighted by atomic mass is 10.1. The number of fused-ring (bicyclic) bond motifs is 1. The van der Waals surface area contributed by atoms with Crippen LogP contribution in [0.4, 0.5) is 4.39 Å². The molecule has 144 valence electrons. The fourth-order valence-corrected chi connectivity index (χ4v) is 3.12. The van der Waals surface area contributed by atoms with Gasteiger partial charge in [0, 0.05) is 6.07 Å². The van der Waals surface area contributed by atoms with Crippen molar-refractivity contribution in [2.75, 3.05) is 0 Å². The highest BCUT2D eigenvalue weighted by Gasteiger charge is 2.28. The van der Waals surface area contributed by atoms with Crippen molar-refractivity contribution in [3.63, 3.8) is 0 Å². The van der Waals surface area contributed by atoms with Gasteiger partial charge in [0.15, 0.2) is 5.76 Å². The van der Waals surface area contributed by atoms with Crippen LogP contribution in [0.25, 0.3) is 6.08 Å². The van der Waals surface area contributed by atoms with Gasteiger partial charge in [-0.3, -0.25) is 4.79 Å². The number of esters is 1. The number of benzene rings is 3. The third-order valence-corrected chi connectivity index (χ3v) is 5.03. The summed E-state index contributed by atoms with van der Waals surface area (Å²) in [4.78, 5) is 24.7. The summed E-state index contributed by atoms with van der Waals surface area (Å²) in [5.41, 5.74) is 1.06. The van der Waals surface area contributed by atoms with E-state index in [0.29, 0.717) is 21.2 Å². The van der Waals surface area contributed by atoms with Crippen LogP contribution in [0.15, 0.2) is 66.4 Å². The first-order valence-electron chi connectivity index (χ1n) is 8.42. The van der Waals surface area contributed by atoms with Crippen LogP contribution < -0.4 is 9.47 Å². The third-order valence-electron chi connectivity index (χ3n) is 4.20. The monoisotopic (exact) mass is 428 g/mol. The molecule has 4 nitrogen and oxygen atoms in total. The van der Waals surface area contributed by atoms with Gasteiger partial charge >= 0.3 is 5.97 Å². The molecule has 29 heavy (non-hydrogen) atoms. The molecule has 0 spiro atoms. The van der Waals surface area contributed by atoms with Crippen molar-refractivity contribution in [2.45, 2.75) is 0 Å². The molecule has 0 unspecified atom stereocenters. The highest BCUT2D eigenvalue weighted by Crippen LogP contribution is 2.36. The van der Waals surface area contributed by atoms with E-state index in [9.17, 15) is 14.0 Å². The fraction of sp³-hybridized carbons (Fsp3) is 0. The molecule has 0 amide bonds. The normalized spacial score (nSPS) is 13.9. The number of hydrogen-bond acceptors (Lipinski definition) is 4. The van der Waals surface area contributed by atoms with Gasteiger partial charge < -0.3 is 9.47 Å². The van der Waals surface area contributed by atoms with E-state index < -0.39 is 11.8 Å². The zero-order valence-electron chi connectivity index (χ0n) is 14.6. The average molecular weight is 429 g/mol. The Morgan fingerprint density at radius 1 is 1.03 bits per heavy atom. The number of Topliss-reactive ketones (excluding diaryl/α,β-unsaturated/α-hetero) is 1. The topological polar surface area (TPSA) is 52.6 Å². The zero-order valence-corrected chi connectivity index (χ0v) is 16.1. The van der Waals surface area contributed by atoms with Crippen LogP contribution in [0, 0.1) is 5.82 Å². The Hall–Kier alpha value is -3.15. The van der Waals surface area contributed by atoms with Gasteiger partial charge in [0.2, 0.25) is 5.78 Å². The molecule has 1 aliphatic rings. The van der Waals surface area contributed by atoms with Crippen molar-refractivity contribution in [2.24, 2.45) is 0 Å². The Morgan fingerprint density at radius 3 is 2.55 bits per heavy atom. The minimum Gasteiger partial charge on any atom is -0.452 e. The maximum Gasteiger partial charge on any atom is 0.343 e. The Balaban J connectivity index is 1.57. The van der Waals surface area contributed by atoms with E-state index in [1.807, 2.05) is 0 Å². The molecule has 3 aromatic rings. The minimum atomic E-state index is -0.657. The van der Waals surface area contributed by atoms with Crippen LogP contribution in [0.5, 0.6) is 11.5 Å². The first-order chi connectivity index (χ1) is 13.9. The molecular formula is C22H11Cl2FO4. The van der Waals surface area contributed by atoms with E-state index in [2.05, 4.69) is 0 Å². The lowest BCUT2D eigenvalue weighted by Crippen LogP contribution is -2.08. The smallest absolute Gasteiger partial charge is 0.343 e. The molecule has 3 aromatic carbocycles. The van der Waals surface area contributed by atoms with Crippen molar-refractivity contribution in [1.29, 1.82) is 0 Å². The molecule has 0 atom stereocenters. The molecule has 0 aromatic heterocycles. The quantitative estimate of drug-likeness (QED) is 0.293. The minimum absolute atomic E-state index is 0.0752. The fourth-order valence-electron chi connectivity index (χ4n) is 2.76. The van der Waals surface area contributed by atoms with Gasteiger partial charge in [0.05, 0.1) is 21.2 Å². The van der Waals surface area contributed by atoms with Gasteiger partial charge in [-0.15, -0.1) is 0 Å². The number of carbonyl (C=O) groups is 2. The zero-order chi connectivity index (χ0) is 20.5. The second kappa shape index (κ2) is 7.70. The first-order valence-corrected chi connectivity index (χ1v) is 9.18. The molecule has 0 bridgehead atoms. The van der Waals surface area contributed by atoms with Crippen LogP contribution in [0.1, 0.15) is 26.3 Å². The van der Waals surface area contributed by atoms with Gasteiger partial charge in [-0.2, -0.15) is 0 Å². The van der Waals surface area contributed by atoms with E-state index in [-0.39, 0.29) is 28.6 Å². The second-order valence-corrected chi connectivity index (χ2v) is 6.92. The molecule has 1 aliphatic heterocycles. The van der Waals surface area contributed by atoms with Crippen molar-refractivity contribution >= 4 is 41.0 Å². The lowest BCUT2D eigenvalue weighted by Gasteiger charge is -2.06. The summed E-state index contributed by atoms with van der Waals surface area (Å²) in [6.07, 6.45) is 1.50. The number of ketones is 1. The van der Waals surface area contributed by atoms with Crippen LogP contribution >= 0.6 is 23.2 Å². The maximum absolute atomic E-state index is 13.0. The van der Waals surface area contributed by atoms with E-state index in [0.717, 1.165) is 0 Å². The van der Waals surface area contributed by atoms with Gasteiger partial charge in [-0.1, -0.05) is 35.3 Å². The van der Waals surface area contributed by atoms with Gasteiger partial charge in [0.1, 0.15) is 17.3 Å². The summed E-state index contributed by atoms with van der Waals surface area (Å²) in [6, 6.07) is 14.5. The molecule has 0 aliphatic carbocycles. The first kappa shape index (κ1) is 19.2. The van der Waals surface area contributed by atoms with E-state index >= 15 is 0 Å². The molecule has 1 heterocycles. The average Bonchev–Trinajstić information content (AvgIpc) is 3.01. The number of allylic oxidation sites excluding steroid dienone is 1. The summed E-state index contributed by atoms with van der Waals surface area (Å²) in [7, 11) is 0. The van der Waals surface area contributed by atoms with Crippen molar-refractivity contribution in [3.05, 3.63) is 99.0 Å². The summed E-state index contributed by atoms with van der Waals surface area (Å²) in [5, 5.41) is 0.668. The number of hydrogen-bond donors (Lipinski definition) is 0. The van der Waals surface area contributed by atoms with Gasteiger partial charge in [-0.25, -0.2) is 9.18 Å². The Morgan fingerprint density at radius 2 is 1.79 bits per heavy atom. The van der Waals surface area contributed by atoms with Crippen LogP contribution in [-0.4, -0.2) is 11.8 Å². The number of carbonyl (C=O) groups excluding carboxylic acids is 2. The largest absolute Gasteiger partial charge is 0.452 e. The van der Waals surface area contributed by atoms with Gasteiger partial charge in [0.25, 0.3) is 0 Å². The molecule has 4 rings (SSSR count). The van der Waals surface area contributed by atoms with Crippen LogP contribution in [0.2, 0.25) is 10.0 Å². The predicted octanol–water partition coefficient (Wildman–Crippen LogP) is 5.97. The molecule has 0 saturated carbocycles. The Labute approximate surface area is 175 Å². The Kier molecular flexibility index (Phi) is 5.09. The van der Waals surface area contributed by atoms with E-state index in [4.69, 9.17) is 32.7 Å². The molecule has 0 N–H and O–H groups in total. The third kappa shape index (κ3) is 3.88. The summed E-state index contributed by atoms with van der Waals surface area (Å²) in [6.45, 7) is 0. The van der Waals surface area contributed by atoms with E-state index in [1.165, 1.54) is 48.5 Å². The maximum atomic E-state index is 13.0. The summed E-state index contributed by atoms with van der Waals surface area (Å²) < 4.78 is 23.9. The molecule has 7 heteroatoms. The number of halogens is 3. The SMILES string of the molecule is O=C(Oc1ccc2c(c1)O/C(=C\c1cccc(Cl)c1Cl)C2=O)c1ccc(F)cc1. The van der Waals surface area contributed by atoms with Crippen LogP contribution in [-0.2, 0) is 0 Å². The van der Waals surface area contributed by atoms with Gasteiger partial charge in [-0.05, 0) is 54.1 Å². The highest BCUT2D eigenvalue weighted by atomic mass is 35.5. The molecule has 0 radical (unpaired) electrons. The molecule has 0 saturated heterocycles.